The second-order valence-corrected chi connectivity index (χ2v) is 6.53. The quantitative estimate of drug-likeness (QED) is 0.893. The van der Waals surface area contributed by atoms with E-state index in [1.807, 2.05) is 36.1 Å². The normalized spacial score (nSPS) is 15.2. The topological polar surface area (TPSA) is 68.4 Å². The maximum atomic E-state index is 12.4. The van der Waals surface area contributed by atoms with Crippen molar-refractivity contribution in [1.29, 1.82) is 0 Å². The molecule has 0 bridgehead atoms. The summed E-state index contributed by atoms with van der Waals surface area (Å²) >= 11 is 0. The van der Waals surface area contributed by atoms with E-state index in [4.69, 9.17) is 0 Å². The van der Waals surface area contributed by atoms with E-state index < -0.39 is 0 Å². The molecule has 25 heavy (non-hydrogen) atoms. The number of anilines is 1. The van der Waals surface area contributed by atoms with Crippen LogP contribution in [0.2, 0.25) is 0 Å². The third-order valence-corrected chi connectivity index (χ3v) is 4.62. The van der Waals surface area contributed by atoms with Gasteiger partial charge in [0.15, 0.2) is 0 Å². The Kier molecular flexibility index (Phi) is 5.19. The van der Waals surface area contributed by atoms with Crippen molar-refractivity contribution in [3.8, 4) is 0 Å². The van der Waals surface area contributed by atoms with Crippen LogP contribution in [-0.4, -0.2) is 59.8 Å². The van der Waals surface area contributed by atoms with Crippen LogP contribution in [0.1, 0.15) is 21.6 Å². The van der Waals surface area contributed by atoms with Gasteiger partial charge in [-0.05, 0) is 37.7 Å². The first-order chi connectivity index (χ1) is 12.0. The summed E-state index contributed by atoms with van der Waals surface area (Å²) in [6, 6.07) is 9.23. The lowest BCUT2D eigenvalue weighted by molar-refractivity contribution is -0.132. The minimum Gasteiger partial charge on any atom is -0.365 e. The molecule has 1 aromatic carbocycles. The molecule has 2 N–H and O–H groups in total. The summed E-state index contributed by atoms with van der Waals surface area (Å²) in [5.41, 5.74) is 3.15. The number of hydrogen-bond acceptors (Lipinski definition) is 3. The van der Waals surface area contributed by atoms with Crippen LogP contribution in [0.25, 0.3) is 0 Å². The monoisotopic (exact) mass is 340 g/mol. The minimum absolute atomic E-state index is 0.139. The van der Waals surface area contributed by atoms with Gasteiger partial charge in [-0.2, -0.15) is 0 Å². The molecule has 3 rings (SSSR count). The number of amides is 2. The molecule has 6 nitrogen and oxygen atoms in total. The number of benzene rings is 1. The van der Waals surface area contributed by atoms with Crippen LogP contribution < -0.4 is 5.32 Å². The van der Waals surface area contributed by atoms with Gasteiger partial charge in [0.2, 0.25) is 5.91 Å². The smallest absolute Gasteiger partial charge is 0.257 e. The van der Waals surface area contributed by atoms with Crippen LogP contribution in [0.3, 0.4) is 0 Å². The molecular formula is C19H24N4O2. The van der Waals surface area contributed by atoms with Gasteiger partial charge in [-0.1, -0.05) is 12.1 Å². The number of nitrogens with zero attached hydrogens (tertiary/aromatic N) is 2. The van der Waals surface area contributed by atoms with Crippen molar-refractivity contribution < 1.29 is 9.59 Å². The fraction of sp³-hybridized carbons (Fsp3) is 0.368. The zero-order chi connectivity index (χ0) is 17.8. The maximum absolute atomic E-state index is 12.4. The Morgan fingerprint density at radius 1 is 1.08 bits per heavy atom. The first-order valence-corrected chi connectivity index (χ1v) is 8.53. The number of carbonyl (C=O) groups excluding carboxylic acids is 2. The van der Waals surface area contributed by atoms with Crippen LogP contribution in [0.15, 0.2) is 36.5 Å². The average Bonchev–Trinajstić information content (AvgIpc) is 3.03. The van der Waals surface area contributed by atoms with Crippen molar-refractivity contribution in [2.24, 2.45) is 0 Å². The molecule has 0 aliphatic carbocycles. The van der Waals surface area contributed by atoms with Gasteiger partial charge in [-0.3, -0.25) is 9.59 Å². The molecule has 0 unspecified atom stereocenters. The van der Waals surface area contributed by atoms with Crippen molar-refractivity contribution >= 4 is 17.5 Å². The number of likely N-dealkylation sites (N-methyl/N-ethyl adjacent to an activating group) is 1. The lowest BCUT2D eigenvalue weighted by atomic mass is 10.1. The summed E-state index contributed by atoms with van der Waals surface area (Å²) in [4.78, 5) is 31.7. The molecule has 1 aliphatic rings. The van der Waals surface area contributed by atoms with Crippen molar-refractivity contribution in [2.75, 3.05) is 38.5 Å². The molecule has 1 aromatic heterocycles. The number of hydrogen-bond donors (Lipinski definition) is 2. The predicted molar refractivity (Wildman–Crippen MR) is 97.7 cm³/mol. The van der Waals surface area contributed by atoms with Crippen molar-refractivity contribution in [3.63, 3.8) is 0 Å². The Bertz CT molecular complexity index is 743. The van der Waals surface area contributed by atoms with E-state index in [-0.39, 0.29) is 11.8 Å². The molecule has 0 radical (unpaired) electrons. The fourth-order valence-corrected chi connectivity index (χ4v) is 2.95. The highest BCUT2D eigenvalue weighted by Gasteiger charge is 2.19. The summed E-state index contributed by atoms with van der Waals surface area (Å²) in [5, 5.41) is 2.87. The van der Waals surface area contributed by atoms with E-state index in [1.54, 1.807) is 12.3 Å². The molecule has 2 amide bonds. The number of nitrogens with one attached hydrogen (secondary N) is 2. The highest BCUT2D eigenvalue weighted by atomic mass is 16.2. The summed E-state index contributed by atoms with van der Waals surface area (Å²) in [5.74, 6) is 0.0212. The van der Waals surface area contributed by atoms with Gasteiger partial charge in [-0.25, -0.2) is 0 Å². The predicted octanol–water partition coefficient (Wildman–Crippen LogP) is 1.89. The highest BCUT2D eigenvalue weighted by Crippen LogP contribution is 2.14. The second-order valence-electron chi connectivity index (χ2n) is 6.53. The van der Waals surface area contributed by atoms with Crippen LogP contribution in [0.4, 0.5) is 5.69 Å². The summed E-state index contributed by atoms with van der Waals surface area (Å²) < 4.78 is 0. The Morgan fingerprint density at radius 2 is 1.76 bits per heavy atom. The van der Waals surface area contributed by atoms with E-state index in [9.17, 15) is 9.59 Å². The molecule has 132 valence electrons. The van der Waals surface area contributed by atoms with Gasteiger partial charge in [0.25, 0.3) is 5.91 Å². The number of aromatic nitrogens is 1. The average molecular weight is 340 g/mol. The van der Waals surface area contributed by atoms with Crippen LogP contribution in [0.5, 0.6) is 0 Å². The number of aromatic amines is 1. The zero-order valence-corrected chi connectivity index (χ0v) is 14.7. The summed E-state index contributed by atoms with van der Waals surface area (Å²) in [6.45, 7) is 5.30. The van der Waals surface area contributed by atoms with E-state index in [0.29, 0.717) is 12.0 Å². The number of aryl methyl sites for hydroxylation is 1. The van der Waals surface area contributed by atoms with Crippen molar-refractivity contribution in [1.82, 2.24) is 14.8 Å². The van der Waals surface area contributed by atoms with Crippen LogP contribution in [-0.2, 0) is 11.2 Å². The second kappa shape index (κ2) is 7.53. The number of H-pyrrole nitrogens is 1. The van der Waals surface area contributed by atoms with E-state index >= 15 is 0 Å². The van der Waals surface area contributed by atoms with E-state index in [1.165, 1.54) is 0 Å². The van der Waals surface area contributed by atoms with Crippen LogP contribution >= 0.6 is 0 Å². The Morgan fingerprint density at radius 3 is 2.36 bits per heavy atom. The van der Waals surface area contributed by atoms with Gasteiger partial charge in [0.1, 0.15) is 0 Å². The van der Waals surface area contributed by atoms with Gasteiger partial charge in [-0.15, -0.1) is 0 Å². The molecule has 0 spiro atoms. The third kappa shape index (κ3) is 4.28. The molecular weight excluding hydrogens is 316 g/mol. The molecule has 6 heteroatoms. The number of carbonyl (C=O) groups is 2. The standard InChI is InChI=1S/C19H24N4O2/c1-14-17(7-8-20-14)19(25)21-16-5-3-15(4-6-16)13-18(24)23-11-9-22(2)10-12-23/h3-8,20H,9-13H2,1-2H3,(H,21,25). The lowest BCUT2D eigenvalue weighted by Gasteiger charge is -2.32. The molecule has 1 fully saturated rings. The van der Waals surface area contributed by atoms with Gasteiger partial charge in [0.05, 0.1) is 12.0 Å². The Hall–Kier alpha value is -2.60. The van der Waals surface area contributed by atoms with Gasteiger partial charge >= 0.3 is 0 Å². The zero-order valence-electron chi connectivity index (χ0n) is 14.7. The first kappa shape index (κ1) is 17.2. The minimum atomic E-state index is -0.139. The van der Waals surface area contributed by atoms with Crippen LogP contribution in [0, 0.1) is 6.92 Å². The molecule has 2 aromatic rings. The largest absolute Gasteiger partial charge is 0.365 e. The fourth-order valence-electron chi connectivity index (χ4n) is 2.95. The molecule has 1 aliphatic heterocycles. The van der Waals surface area contributed by atoms with Gasteiger partial charge < -0.3 is 20.1 Å². The molecule has 0 saturated carbocycles. The van der Waals surface area contributed by atoms with E-state index in [2.05, 4.69) is 22.2 Å². The number of rotatable bonds is 4. The summed E-state index contributed by atoms with van der Waals surface area (Å²) in [6.07, 6.45) is 2.15. The van der Waals surface area contributed by atoms with Gasteiger partial charge in [0, 0.05) is 43.8 Å². The molecule has 2 heterocycles. The maximum Gasteiger partial charge on any atom is 0.257 e. The summed E-state index contributed by atoms with van der Waals surface area (Å²) in [7, 11) is 2.07. The van der Waals surface area contributed by atoms with Crippen molar-refractivity contribution in [3.05, 3.63) is 53.3 Å². The Balaban J connectivity index is 1.56. The third-order valence-electron chi connectivity index (χ3n) is 4.62. The Labute approximate surface area is 147 Å². The molecule has 0 atom stereocenters. The SMILES string of the molecule is Cc1[nH]ccc1C(=O)Nc1ccc(CC(=O)N2CCN(C)CC2)cc1. The lowest BCUT2D eigenvalue weighted by Crippen LogP contribution is -2.47. The number of piperazine rings is 1. The highest BCUT2D eigenvalue weighted by molar-refractivity contribution is 6.05. The first-order valence-electron chi connectivity index (χ1n) is 8.53. The van der Waals surface area contributed by atoms with Crippen molar-refractivity contribution in [2.45, 2.75) is 13.3 Å². The molecule has 1 saturated heterocycles. The van der Waals surface area contributed by atoms with E-state index in [0.717, 1.165) is 43.1 Å².